The molecule has 0 spiro atoms. The smallest absolute Gasteiger partial charge is 0.142 e. The normalized spacial score (nSPS) is 10.6. The minimum absolute atomic E-state index is 0.609. The van der Waals surface area contributed by atoms with Crippen molar-refractivity contribution in [3.05, 3.63) is 42.2 Å². The summed E-state index contributed by atoms with van der Waals surface area (Å²) in [6.07, 6.45) is 5.47. The van der Waals surface area contributed by atoms with Crippen LogP contribution in [0.2, 0.25) is 0 Å². The molecule has 2 heterocycles. The van der Waals surface area contributed by atoms with E-state index in [1.165, 1.54) is 0 Å². The number of rotatable bonds is 6. The molecule has 0 amide bonds. The highest BCUT2D eigenvalue weighted by atomic mass is 16.5. The van der Waals surface area contributed by atoms with Gasteiger partial charge in [0.05, 0.1) is 18.6 Å². The molecular formula is C13H18N4O. The van der Waals surface area contributed by atoms with Gasteiger partial charge in [-0.25, -0.2) is 4.98 Å². The number of aromatic nitrogens is 3. The number of hydrogen-bond acceptors (Lipinski definition) is 4. The standard InChI is InChI=1S/C13H18N4O/c1-11-3-4-13(12(16-11)9-14-2)18-8-7-17-6-5-15-10-17/h3-6,10,14H,7-9H2,1-2H3. The van der Waals surface area contributed by atoms with Crippen LogP contribution < -0.4 is 10.1 Å². The van der Waals surface area contributed by atoms with Crippen molar-refractivity contribution in [3.8, 4) is 5.75 Å². The highest BCUT2D eigenvalue weighted by Gasteiger charge is 2.05. The number of imidazole rings is 1. The molecule has 0 radical (unpaired) electrons. The topological polar surface area (TPSA) is 52.0 Å². The summed E-state index contributed by atoms with van der Waals surface area (Å²) in [7, 11) is 1.90. The van der Waals surface area contributed by atoms with E-state index in [0.717, 1.165) is 23.7 Å². The second-order valence-corrected chi connectivity index (χ2v) is 4.08. The Kier molecular flexibility index (Phi) is 4.30. The predicted octanol–water partition coefficient (Wildman–Crippen LogP) is 1.38. The number of nitrogens with zero attached hydrogens (tertiary/aromatic N) is 3. The Morgan fingerprint density at radius 2 is 2.28 bits per heavy atom. The third-order valence-electron chi connectivity index (χ3n) is 2.58. The molecule has 0 aromatic carbocycles. The highest BCUT2D eigenvalue weighted by Crippen LogP contribution is 2.16. The van der Waals surface area contributed by atoms with Crippen molar-refractivity contribution in [2.45, 2.75) is 20.0 Å². The van der Waals surface area contributed by atoms with Crippen molar-refractivity contribution in [1.29, 1.82) is 0 Å². The van der Waals surface area contributed by atoms with Gasteiger partial charge in [0.2, 0.25) is 0 Å². The van der Waals surface area contributed by atoms with E-state index in [9.17, 15) is 0 Å². The highest BCUT2D eigenvalue weighted by molar-refractivity contribution is 5.29. The summed E-state index contributed by atoms with van der Waals surface area (Å²) in [6.45, 7) is 4.08. The number of hydrogen-bond donors (Lipinski definition) is 1. The average molecular weight is 246 g/mol. The van der Waals surface area contributed by atoms with Gasteiger partial charge in [0, 0.05) is 24.6 Å². The van der Waals surface area contributed by atoms with E-state index >= 15 is 0 Å². The van der Waals surface area contributed by atoms with Crippen molar-refractivity contribution in [2.24, 2.45) is 0 Å². The third-order valence-corrected chi connectivity index (χ3v) is 2.58. The fourth-order valence-corrected chi connectivity index (χ4v) is 1.70. The first kappa shape index (κ1) is 12.6. The molecule has 2 aromatic rings. The summed E-state index contributed by atoms with van der Waals surface area (Å²) >= 11 is 0. The second kappa shape index (κ2) is 6.16. The zero-order valence-electron chi connectivity index (χ0n) is 10.8. The van der Waals surface area contributed by atoms with Crippen LogP contribution in [0.3, 0.4) is 0 Å². The van der Waals surface area contributed by atoms with Crippen LogP contribution in [0.15, 0.2) is 30.9 Å². The zero-order valence-corrected chi connectivity index (χ0v) is 10.8. The molecule has 0 aliphatic carbocycles. The van der Waals surface area contributed by atoms with Crippen LogP contribution in [0.1, 0.15) is 11.4 Å². The number of nitrogens with one attached hydrogen (secondary N) is 1. The van der Waals surface area contributed by atoms with E-state index in [1.807, 2.05) is 36.9 Å². The Morgan fingerprint density at radius 1 is 1.39 bits per heavy atom. The molecule has 96 valence electrons. The molecule has 18 heavy (non-hydrogen) atoms. The molecule has 2 aromatic heterocycles. The minimum atomic E-state index is 0.609. The van der Waals surface area contributed by atoms with E-state index in [2.05, 4.69) is 15.3 Å². The maximum absolute atomic E-state index is 5.77. The third kappa shape index (κ3) is 3.30. The van der Waals surface area contributed by atoms with Gasteiger partial charge in [0.1, 0.15) is 12.4 Å². The van der Waals surface area contributed by atoms with Crippen LogP contribution in [0.25, 0.3) is 0 Å². The Labute approximate surface area is 107 Å². The van der Waals surface area contributed by atoms with Crippen LogP contribution >= 0.6 is 0 Å². The summed E-state index contributed by atoms with van der Waals surface area (Å²) < 4.78 is 7.75. The molecule has 0 aliphatic heterocycles. The fourth-order valence-electron chi connectivity index (χ4n) is 1.70. The van der Waals surface area contributed by atoms with Gasteiger partial charge in [-0.15, -0.1) is 0 Å². The summed E-state index contributed by atoms with van der Waals surface area (Å²) in [5.74, 6) is 0.843. The monoisotopic (exact) mass is 246 g/mol. The van der Waals surface area contributed by atoms with Crippen molar-refractivity contribution in [2.75, 3.05) is 13.7 Å². The van der Waals surface area contributed by atoms with Gasteiger partial charge in [0.25, 0.3) is 0 Å². The summed E-state index contributed by atoms with van der Waals surface area (Å²) in [6, 6.07) is 3.94. The van der Waals surface area contributed by atoms with E-state index in [-0.39, 0.29) is 0 Å². The van der Waals surface area contributed by atoms with E-state index in [4.69, 9.17) is 4.74 Å². The van der Waals surface area contributed by atoms with Crippen LogP contribution in [0.4, 0.5) is 0 Å². The van der Waals surface area contributed by atoms with Crippen molar-refractivity contribution < 1.29 is 4.74 Å². The molecule has 0 unspecified atom stereocenters. The van der Waals surface area contributed by atoms with Gasteiger partial charge < -0.3 is 14.6 Å². The fraction of sp³-hybridized carbons (Fsp3) is 0.385. The largest absolute Gasteiger partial charge is 0.490 e. The van der Waals surface area contributed by atoms with Crippen molar-refractivity contribution in [1.82, 2.24) is 19.9 Å². The van der Waals surface area contributed by atoms with E-state index in [1.54, 1.807) is 12.5 Å². The molecule has 5 heteroatoms. The maximum Gasteiger partial charge on any atom is 0.142 e. The lowest BCUT2D eigenvalue weighted by atomic mass is 10.3. The molecule has 0 saturated carbocycles. The van der Waals surface area contributed by atoms with Crippen LogP contribution in [0.5, 0.6) is 5.75 Å². The molecule has 0 aliphatic rings. The Hall–Kier alpha value is -1.88. The average Bonchev–Trinajstić information content (AvgIpc) is 2.85. The predicted molar refractivity (Wildman–Crippen MR) is 69.5 cm³/mol. The molecule has 0 bridgehead atoms. The summed E-state index contributed by atoms with van der Waals surface area (Å²) in [5, 5.41) is 3.10. The lowest BCUT2D eigenvalue weighted by molar-refractivity contribution is 0.293. The second-order valence-electron chi connectivity index (χ2n) is 4.08. The summed E-state index contributed by atoms with van der Waals surface area (Å²) in [5.41, 5.74) is 1.95. The van der Waals surface area contributed by atoms with Crippen molar-refractivity contribution >= 4 is 0 Å². The van der Waals surface area contributed by atoms with E-state index < -0.39 is 0 Å². The first-order valence-corrected chi connectivity index (χ1v) is 5.99. The molecule has 1 N–H and O–H groups in total. The van der Waals surface area contributed by atoms with Crippen LogP contribution in [-0.4, -0.2) is 28.2 Å². The molecule has 0 fully saturated rings. The maximum atomic E-state index is 5.77. The number of ether oxygens (including phenoxy) is 1. The van der Waals surface area contributed by atoms with Gasteiger partial charge in [-0.2, -0.15) is 0 Å². The van der Waals surface area contributed by atoms with Crippen LogP contribution in [0, 0.1) is 6.92 Å². The Balaban J connectivity index is 1.95. The quantitative estimate of drug-likeness (QED) is 0.836. The minimum Gasteiger partial charge on any atom is -0.490 e. The molecule has 2 rings (SSSR count). The summed E-state index contributed by atoms with van der Waals surface area (Å²) in [4.78, 5) is 8.46. The van der Waals surface area contributed by atoms with E-state index in [0.29, 0.717) is 13.2 Å². The SMILES string of the molecule is CNCc1nc(C)ccc1OCCn1ccnc1. The van der Waals surface area contributed by atoms with Gasteiger partial charge in [0.15, 0.2) is 0 Å². The first-order chi connectivity index (χ1) is 8.79. The molecule has 5 nitrogen and oxygen atoms in total. The van der Waals surface area contributed by atoms with Crippen molar-refractivity contribution in [3.63, 3.8) is 0 Å². The lowest BCUT2D eigenvalue weighted by Gasteiger charge is -2.11. The molecule has 0 saturated heterocycles. The van der Waals surface area contributed by atoms with Gasteiger partial charge in [-0.3, -0.25) is 4.98 Å². The van der Waals surface area contributed by atoms with Crippen LogP contribution in [-0.2, 0) is 13.1 Å². The van der Waals surface area contributed by atoms with Gasteiger partial charge in [-0.05, 0) is 26.1 Å². The first-order valence-electron chi connectivity index (χ1n) is 5.99. The Bertz CT molecular complexity index is 482. The lowest BCUT2D eigenvalue weighted by Crippen LogP contribution is -2.12. The zero-order chi connectivity index (χ0) is 12.8. The number of aryl methyl sites for hydroxylation is 1. The van der Waals surface area contributed by atoms with Gasteiger partial charge in [-0.1, -0.05) is 0 Å². The van der Waals surface area contributed by atoms with Gasteiger partial charge >= 0.3 is 0 Å². The molecule has 0 atom stereocenters. The number of pyridine rings is 1. The molecular weight excluding hydrogens is 228 g/mol. The Morgan fingerprint density at radius 3 is 3.00 bits per heavy atom.